The first kappa shape index (κ1) is 53.8. The summed E-state index contributed by atoms with van der Waals surface area (Å²) >= 11 is 0. The van der Waals surface area contributed by atoms with Crippen LogP contribution in [0.4, 0.5) is 0 Å². The molecule has 0 bridgehead atoms. The number of methoxy groups -OCH3 is 1. The fourth-order valence-electron chi connectivity index (χ4n) is 6.62. The van der Waals surface area contributed by atoms with Gasteiger partial charge in [0.2, 0.25) is 35.4 Å². The minimum atomic E-state index is -1.83. The Balaban J connectivity index is 2.57. The van der Waals surface area contributed by atoms with Crippen LogP contribution in [0.2, 0.25) is 0 Å². The van der Waals surface area contributed by atoms with Crippen LogP contribution in [0.25, 0.3) is 0 Å². The van der Waals surface area contributed by atoms with Crippen LogP contribution in [0.5, 0.6) is 0 Å². The maximum Gasteiger partial charge on any atom is 0.327 e. The van der Waals surface area contributed by atoms with E-state index in [1.54, 1.807) is 27.0 Å². The second kappa shape index (κ2) is 25.1. The molecule has 352 valence electrons. The van der Waals surface area contributed by atoms with Gasteiger partial charge in [-0.15, -0.1) is 0 Å². The Morgan fingerprint density at radius 2 is 1.38 bits per heavy atom. The number of carboxylic acid groups (broad SMARTS) is 2. The van der Waals surface area contributed by atoms with E-state index in [1.807, 2.05) is 50.3 Å². The molecule has 1 heterocycles. The number of aliphatic carboxylic acids is 2. The number of carbonyl (C=O) groups is 9. The van der Waals surface area contributed by atoms with Crippen molar-refractivity contribution in [3.05, 3.63) is 72.0 Å². The summed E-state index contributed by atoms with van der Waals surface area (Å²) in [6, 6.07) is 1.32. The summed E-state index contributed by atoms with van der Waals surface area (Å²) < 4.78 is 5.78. The molecule has 1 fully saturated rings. The molecule has 2 rings (SSSR count). The number of ether oxygens (including phenoxy) is 1. The van der Waals surface area contributed by atoms with Crippen LogP contribution in [0, 0.1) is 23.7 Å². The van der Waals surface area contributed by atoms with Crippen molar-refractivity contribution >= 4 is 53.3 Å². The van der Waals surface area contributed by atoms with Gasteiger partial charge in [-0.25, -0.2) is 9.59 Å². The first-order chi connectivity index (χ1) is 29.9. The molecule has 10 unspecified atom stereocenters. The van der Waals surface area contributed by atoms with Crippen molar-refractivity contribution in [2.45, 2.75) is 117 Å². The van der Waals surface area contributed by atoms with E-state index in [0.717, 1.165) is 16.0 Å². The molecule has 1 aliphatic heterocycles. The summed E-state index contributed by atoms with van der Waals surface area (Å²) in [6.45, 7) is 15.8. The first-order valence-corrected chi connectivity index (χ1v) is 21.1. The molecule has 0 saturated carbocycles. The van der Waals surface area contributed by atoms with Crippen molar-refractivity contribution < 1.29 is 58.1 Å². The number of allylic oxidation sites excluding steroid dienone is 2. The summed E-state index contributed by atoms with van der Waals surface area (Å²) in [7, 11) is 2.83. The van der Waals surface area contributed by atoms with Crippen LogP contribution in [-0.4, -0.2) is 125 Å². The third-order valence-corrected chi connectivity index (χ3v) is 11.0. The molecule has 1 saturated heterocycles. The quantitative estimate of drug-likeness (QED) is 0.122. The number of carboxylic acids is 2. The number of carbonyl (C=O) groups excluding carboxylic acids is 7. The second-order valence-corrected chi connectivity index (χ2v) is 16.5. The molecule has 19 heteroatoms. The maximum atomic E-state index is 13.7. The molecule has 0 spiro atoms. The molecular weight excluding hydrogens is 831 g/mol. The fraction of sp³-hybridized carbons (Fsp3) is 0.533. The van der Waals surface area contributed by atoms with Gasteiger partial charge in [0.15, 0.2) is 0 Å². The second-order valence-electron chi connectivity index (χ2n) is 16.5. The zero-order chi connectivity index (χ0) is 48.6. The zero-order valence-electron chi connectivity index (χ0n) is 38.2. The highest BCUT2D eigenvalue weighted by Gasteiger charge is 2.37. The molecule has 1 aromatic carbocycles. The number of likely N-dealkylation sites (N-methyl/N-ethyl adjacent to an activating group) is 1. The van der Waals surface area contributed by atoms with Crippen molar-refractivity contribution in [2.24, 2.45) is 23.7 Å². The van der Waals surface area contributed by atoms with Crippen molar-refractivity contribution in [1.82, 2.24) is 36.8 Å². The lowest BCUT2D eigenvalue weighted by Gasteiger charge is -2.28. The summed E-state index contributed by atoms with van der Waals surface area (Å²) in [4.78, 5) is 119. The highest BCUT2D eigenvalue weighted by Crippen LogP contribution is 2.18. The predicted octanol–water partition coefficient (Wildman–Crippen LogP) is 1.19. The number of nitrogens with one attached hydrogen (secondary N) is 6. The molecule has 19 nitrogen and oxygen atoms in total. The fourth-order valence-corrected chi connectivity index (χ4v) is 6.62. The van der Waals surface area contributed by atoms with Crippen molar-refractivity contribution in [3.63, 3.8) is 0 Å². The highest BCUT2D eigenvalue weighted by molar-refractivity contribution is 6.00. The summed E-state index contributed by atoms with van der Waals surface area (Å²) in [6.07, 6.45) is 4.74. The van der Waals surface area contributed by atoms with Gasteiger partial charge in [0.25, 0.3) is 5.91 Å². The van der Waals surface area contributed by atoms with Gasteiger partial charge in [0.05, 0.1) is 24.0 Å². The monoisotopic (exact) mass is 895 g/mol. The molecule has 8 N–H and O–H groups in total. The Kier molecular flexibility index (Phi) is 21.1. The largest absolute Gasteiger partial charge is 0.480 e. The topological polar surface area (TPSA) is 279 Å². The van der Waals surface area contributed by atoms with Crippen molar-refractivity contribution in [3.8, 4) is 0 Å². The van der Waals surface area contributed by atoms with Crippen LogP contribution in [0.3, 0.4) is 0 Å². The minimum Gasteiger partial charge on any atom is -0.480 e. The van der Waals surface area contributed by atoms with Gasteiger partial charge in [-0.2, -0.15) is 0 Å². The average Bonchev–Trinajstić information content (AvgIpc) is 3.24. The Morgan fingerprint density at radius 3 is 1.94 bits per heavy atom. The van der Waals surface area contributed by atoms with E-state index in [2.05, 4.69) is 38.5 Å². The van der Waals surface area contributed by atoms with E-state index in [-0.39, 0.29) is 12.0 Å². The molecule has 1 aromatic rings. The van der Waals surface area contributed by atoms with Crippen LogP contribution in [-0.2, 0) is 54.3 Å². The Hall–Kier alpha value is -6.37. The van der Waals surface area contributed by atoms with Crippen LogP contribution >= 0.6 is 0 Å². The third-order valence-electron chi connectivity index (χ3n) is 11.0. The molecular formula is C45H65N7O12. The summed E-state index contributed by atoms with van der Waals surface area (Å²) in [5.74, 6) is -12.4. The lowest BCUT2D eigenvalue weighted by molar-refractivity contribution is -0.147. The average molecular weight is 896 g/mol. The lowest BCUT2D eigenvalue weighted by atomic mass is 9.94. The molecule has 1 aliphatic rings. The van der Waals surface area contributed by atoms with Crippen molar-refractivity contribution in [2.75, 3.05) is 14.2 Å². The van der Waals surface area contributed by atoms with E-state index in [0.29, 0.717) is 6.42 Å². The Bertz CT molecular complexity index is 1950. The predicted molar refractivity (Wildman–Crippen MR) is 236 cm³/mol. The molecule has 7 amide bonds. The van der Waals surface area contributed by atoms with Gasteiger partial charge in [-0.1, -0.05) is 95.3 Å². The lowest BCUT2D eigenvalue weighted by Crippen LogP contribution is -2.59. The van der Waals surface area contributed by atoms with E-state index >= 15 is 0 Å². The maximum absolute atomic E-state index is 13.7. The molecule has 0 aromatic heterocycles. The van der Waals surface area contributed by atoms with Gasteiger partial charge in [0.1, 0.15) is 35.9 Å². The molecule has 64 heavy (non-hydrogen) atoms. The molecule has 0 radical (unpaired) electrons. The Labute approximate surface area is 374 Å². The van der Waals surface area contributed by atoms with Crippen LogP contribution in [0.15, 0.2) is 66.4 Å². The molecule has 10 atom stereocenters. The van der Waals surface area contributed by atoms with Gasteiger partial charge in [-0.05, 0) is 45.1 Å². The number of rotatable bonds is 10. The number of benzene rings is 1. The number of amides is 7. The summed E-state index contributed by atoms with van der Waals surface area (Å²) in [5.41, 5.74) is 1.41. The SMILES string of the molecule is C=C1C(=O)NC(C)C(=O)NC(C(C)C)C(=O)NC(C(=O)O)C(C)C(=O)NC(C)C(=O)NC(C=CC(C)=CC(C)C(Cc2ccccc2)OC)C(C)C(=O)NC(C(=O)O)CCC(=O)N1C. The van der Waals surface area contributed by atoms with E-state index in [4.69, 9.17) is 4.74 Å². The first-order valence-electron chi connectivity index (χ1n) is 21.1. The van der Waals surface area contributed by atoms with Gasteiger partial charge in [-0.3, -0.25) is 33.6 Å². The van der Waals surface area contributed by atoms with Crippen LogP contribution in [0.1, 0.15) is 73.8 Å². The van der Waals surface area contributed by atoms with Crippen molar-refractivity contribution in [1.29, 1.82) is 0 Å². The van der Waals surface area contributed by atoms with Gasteiger partial charge in [0, 0.05) is 26.5 Å². The standard InChI is InChI=1S/C45H65N7O12/c1-23(2)36-43(59)51-37(45(62)63)27(6)39(55)46-28(7)40(56)48-32(18-17-24(3)21-25(4)34(64-11)22-31-15-13-12-14-16-31)26(5)38(54)49-33(44(60)61)19-20-35(53)52(10)30(9)42(58)47-29(8)41(57)50-36/h12-18,21,23,25-29,32-34,36-37H,9,19-20,22H2,1-8,10-11H3,(H,46,55)(H,47,58)(H,48,56)(H,49,54)(H,50,57)(H,51,59)(H,60,61)(H,62,63). The number of hydrogen-bond donors (Lipinski definition) is 8. The van der Waals surface area contributed by atoms with E-state index in [1.165, 1.54) is 40.8 Å². The third kappa shape index (κ3) is 16.1. The number of nitrogens with zero attached hydrogens (tertiary/aromatic N) is 1. The highest BCUT2D eigenvalue weighted by atomic mass is 16.5. The Morgan fingerprint density at radius 1 is 0.797 bits per heavy atom. The smallest absolute Gasteiger partial charge is 0.327 e. The molecule has 0 aliphatic carbocycles. The minimum absolute atomic E-state index is 0.0873. The summed E-state index contributed by atoms with van der Waals surface area (Å²) in [5, 5.41) is 34.8. The van der Waals surface area contributed by atoms with Crippen LogP contribution < -0.4 is 31.9 Å². The van der Waals surface area contributed by atoms with Gasteiger partial charge < -0.3 is 51.8 Å². The number of hydrogen-bond acceptors (Lipinski definition) is 10. The van der Waals surface area contributed by atoms with Gasteiger partial charge >= 0.3 is 11.9 Å². The van der Waals surface area contributed by atoms with E-state index < -0.39 is 126 Å². The zero-order valence-corrected chi connectivity index (χ0v) is 38.2. The normalized spacial score (nSPS) is 26.9. The van der Waals surface area contributed by atoms with E-state index in [9.17, 15) is 53.4 Å².